The van der Waals surface area contributed by atoms with Gasteiger partial charge in [-0.3, -0.25) is 4.79 Å². The number of amides is 1. The maximum Gasteiger partial charge on any atom is 0.251 e. The highest BCUT2D eigenvalue weighted by atomic mass is 16.1. The molecule has 0 spiro atoms. The van der Waals surface area contributed by atoms with Crippen LogP contribution in [0.15, 0.2) is 24.3 Å². The average molecular weight is 456 g/mol. The molecule has 1 aromatic rings. The van der Waals surface area contributed by atoms with Crippen molar-refractivity contribution in [2.24, 2.45) is 11.3 Å². The van der Waals surface area contributed by atoms with Gasteiger partial charge < -0.3 is 15.5 Å². The van der Waals surface area contributed by atoms with Crippen molar-refractivity contribution in [1.82, 2.24) is 15.5 Å². The van der Waals surface area contributed by atoms with Gasteiger partial charge in [-0.15, -0.1) is 0 Å². The van der Waals surface area contributed by atoms with Gasteiger partial charge in [0.25, 0.3) is 5.91 Å². The summed E-state index contributed by atoms with van der Waals surface area (Å²) in [6.07, 6.45) is 15.4. The van der Waals surface area contributed by atoms with Crippen molar-refractivity contribution in [1.29, 1.82) is 0 Å². The lowest BCUT2D eigenvalue weighted by atomic mass is 9.71. The molecule has 3 aliphatic rings. The third-order valence-corrected chi connectivity index (χ3v) is 8.33. The summed E-state index contributed by atoms with van der Waals surface area (Å²) in [6.45, 7) is 12.5. The Morgan fingerprint density at radius 1 is 1.00 bits per heavy atom. The highest BCUT2D eigenvalue weighted by molar-refractivity contribution is 5.94. The highest BCUT2D eigenvalue weighted by Gasteiger charge is 2.36. The summed E-state index contributed by atoms with van der Waals surface area (Å²) in [4.78, 5) is 14.7. The van der Waals surface area contributed by atoms with Crippen molar-refractivity contribution in [3.8, 4) is 0 Å². The molecular formula is C29H49N3O. The van der Waals surface area contributed by atoms with E-state index in [1.807, 2.05) is 31.2 Å². The minimum atomic E-state index is 0.0449. The van der Waals surface area contributed by atoms with Gasteiger partial charge in [0.05, 0.1) is 0 Å². The Morgan fingerprint density at radius 3 is 2.12 bits per heavy atom. The summed E-state index contributed by atoms with van der Waals surface area (Å²) in [5.41, 5.74) is 2.66. The molecule has 4 rings (SSSR count). The zero-order valence-electron chi connectivity index (χ0n) is 21.6. The molecule has 0 atom stereocenters. The molecule has 3 fully saturated rings. The van der Waals surface area contributed by atoms with Crippen LogP contribution in [0.25, 0.3) is 0 Å². The first-order valence-electron chi connectivity index (χ1n) is 13.8. The van der Waals surface area contributed by atoms with Crippen LogP contribution in [0.5, 0.6) is 0 Å². The summed E-state index contributed by atoms with van der Waals surface area (Å²) >= 11 is 0. The van der Waals surface area contributed by atoms with E-state index in [1.54, 1.807) is 0 Å². The normalized spacial score (nSPS) is 21.5. The predicted molar refractivity (Wildman–Crippen MR) is 140 cm³/mol. The smallest absolute Gasteiger partial charge is 0.251 e. The maximum atomic E-state index is 11.9. The second-order valence-electron chi connectivity index (χ2n) is 10.9. The molecule has 4 heteroatoms. The van der Waals surface area contributed by atoms with Crippen molar-refractivity contribution in [2.45, 2.75) is 97.4 Å². The summed E-state index contributed by atoms with van der Waals surface area (Å²) in [5, 5.41) is 6.35. The van der Waals surface area contributed by atoms with E-state index in [1.165, 1.54) is 76.4 Å². The van der Waals surface area contributed by atoms with E-state index < -0.39 is 0 Å². The average Bonchev–Trinajstić information content (AvgIpc) is 2.80. The number of carbonyl (C=O) groups is 1. The lowest BCUT2D eigenvalue weighted by Crippen LogP contribution is -2.47. The van der Waals surface area contributed by atoms with Crippen LogP contribution >= 0.6 is 0 Å². The van der Waals surface area contributed by atoms with Crippen LogP contribution in [-0.2, 0) is 0 Å². The number of nitrogens with one attached hydrogen (secondary N) is 2. The van der Waals surface area contributed by atoms with Gasteiger partial charge in [0.1, 0.15) is 0 Å². The Balaban J connectivity index is 0.000000186. The molecule has 0 aromatic heterocycles. The quantitative estimate of drug-likeness (QED) is 0.509. The van der Waals surface area contributed by atoms with Crippen molar-refractivity contribution in [2.75, 3.05) is 32.7 Å². The molecule has 33 heavy (non-hydrogen) atoms. The van der Waals surface area contributed by atoms with Crippen LogP contribution in [0.2, 0.25) is 0 Å². The highest BCUT2D eigenvalue weighted by Crippen LogP contribution is 2.42. The molecule has 1 saturated carbocycles. The minimum absolute atomic E-state index is 0.0449. The molecule has 0 bridgehead atoms. The van der Waals surface area contributed by atoms with Gasteiger partial charge in [-0.1, -0.05) is 50.8 Å². The second kappa shape index (κ2) is 13.5. The van der Waals surface area contributed by atoms with Gasteiger partial charge >= 0.3 is 0 Å². The molecule has 1 amide bonds. The second-order valence-corrected chi connectivity index (χ2v) is 10.9. The first kappa shape index (κ1) is 26.2. The van der Waals surface area contributed by atoms with Crippen molar-refractivity contribution >= 4 is 5.91 Å². The SMILES string of the molecule is CCCC1(CCC)CCN(C2CCC2)CC1.Cc1ccc(C(=O)NCC2CCNCC2)cc1. The number of aryl methyl sites for hydroxylation is 1. The monoisotopic (exact) mass is 455 g/mol. The van der Waals surface area contributed by atoms with Crippen LogP contribution in [0.3, 0.4) is 0 Å². The fraction of sp³-hybridized carbons (Fsp3) is 0.759. The Hall–Kier alpha value is -1.39. The van der Waals surface area contributed by atoms with E-state index in [0.29, 0.717) is 5.92 Å². The number of nitrogens with zero attached hydrogens (tertiary/aromatic N) is 1. The summed E-state index contributed by atoms with van der Waals surface area (Å²) in [5.74, 6) is 0.675. The van der Waals surface area contributed by atoms with E-state index in [4.69, 9.17) is 0 Å². The molecule has 4 nitrogen and oxygen atoms in total. The van der Waals surface area contributed by atoms with Gasteiger partial charge in [-0.2, -0.15) is 0 Å². The topological polar surface area (TPSA) is 44.4 Å². The molecular weight excluding hydrogens is 406 g/mol. The molecule has 2 N–H and O–H groups in total. The Morgan fingerprint density at radius 2 is 1.61 bits per heavy atom. The minimum Gasteiger partial charge on any atom is -0.352 e. The van der Waals surface area contributed by atoms with Gasteiger partial charge in [0.15, 0.2) is 0 Å². The van der Waals surface area contributed by atoms with E-state index in [-0.39, 0.29) is 5.91 Å². The molecule has 2 saturated heterocycles. The van der Waals surface area contributed by atoms with E-state index in [0.717, 1.165) is 49.5 Å². The lowest BCUT2D eigenvalue weighted by Gasteiger charge is -2.47. The van der Waals surface area contributed by atoms with Gasteiger partial charge in [0, 0.05) is 18.2 Å². The first-order chi connectivity index (χ1) is 16.0. The predicted octanol–water partition coefficient (Wildman–Crippen LogP) is 5.95. The van der Waals surface area contributed by atoms with Crippen LogP contribution in [-0.4, -0.2) is 49.6 Å². The number of hydrogen-bond donors (Lipinski definition) is 2. The molecule has 1 aliphatic carbocycles. The number of benzene rings is 1. The van der Waals surface area contributed by atoms with Crippen molar-refractivity contribution in [3.63, 3.8) is 0 Å². The Bertz CT molecular complexity index is 675. The molecule has 186 valence electrons. The summed E-state index contributed by atoms with van der Waals surface area (Å²) in [7, 11) is 0. The summed E-state index contributed by atoms with van der Waals surface area (Å²) in [6, 6.07) is 8.68. The van der Waals surface area contributed by atoms with Crippen molar-refractivity contribution in [3.05, 3.63) is 35.4 Å². The van der Waals surface area contributed by atoms with Crippen molar-refractivity contribution < 1.29 is 4.79 Å². The van der Waals surface area contributed by atoms with Crippen LogP contribution < -0.4 is 10.6 Å². The number of carbonyl (C=O) groups excluding carboxylic acids is 1. The van der Waals surface area contributed by atoms with E-state index >= 15 is 0 Å². The third-order valence-electron chi connectivity index (χ3n) is 8.33. The first-order valence-corrected chi connectivity index (χ1v) is 13.8. The zero-order valence-corrected chi connectivity index (χ0v) is 21.6. The largest absolute Gasteiger partial charge is 0.352 e. The fourth-order valence-corrected chi connectivity index (χ4v) is 5.93. The molecule has 2 aliphatic heterocycles. The molecule has 0 radical (unpaired) electrons. The van der Waals surface area contributed by atoms with Gasteiger partial charge in [0.2, 0.25) is 0 Å². The fourth-order valence-electron chi connectivity index (χ4n) is 5.93. The van der Waals surface area contributed by atoms with E-state index in [2.05, 4.69) is 29.4 Å². The number of piperidine rings is 2. The van der Waals surface area contributed by atoms with Crippen LogP contribution in [0.4, 0.5) is 0 Å². The molecule has 1 aromatic carbocycles. The zero-order chi connectivity index (χ0) is 23.5. The Labute approximate surface area is 203 Å². The maximum absolute atomic E-state index is 11.9. The van der Waals surface area contributed by atoms with Gasteiger partial charge in [-0.05, 0) is 108 Å². The van der Waals surface area contributed by atoms with E-state index in [9.17, 15) is 4.79 Å². The number of likely N-dealkylation sites (tertiary alicyclic amines) is 1. The molecule has 0 unspecified atom stereocenters. The standard InChI is InChI=1S/C15H29N.C14H20N2O/c1-3-8-15(9-4-2)10-12-16(13-11-15)14-6-5-7-14;1-11-2-4-13(5-3-11)14(17)16-10-12-6-8-15-9-7-12/h14H,3-13H2,1-2H3;2-5,12,15H,6-10H2,1H3,(H,16,17). The van der Waals surface area contributed by atoms with Gasteiger partial charge in [-0.25, -0.2) is 0 Å². The summed E-state index contributed by atoms with van der Waals surface area (Å²) < 4.78 is 0. The lowest BCUT2D eigenvalue weighted by molar-refractivity contribution is 0.0333. The third kappa shape index (κ3) is 8.10. The number of hydrogen-bond acceptors (Lipinski definition) is 3. The van der Waals surface area contributed by atoms with Crippen LogP contribution in [0.1, 0.15) is 100 Å². The Kier molecular flexibility index (Phi) is 10.7. The molecule has 2 heterocycles. The number of rotatable bonds is 8. The van der Waals surface area contributed by atoms with Crippen LogP contribution in [0, 0.1) is 18.3 Å².